The second-order valence-electron chi connectivity index (χ2n) is 8.10. The number of nitrogens with one attached hydrogen (secondary N) is 2. The third kappa shape index (κ3) is 3.28. The zero-order chi connectivity index (χ0) is 19.8. The molecule has 0 bridgehead atoms. The van der Waals surface area contributed by atoms with Crippen LogP contribution in [0.5, 0.6) is 0 Å². The first-order valence-corrected chi connectivity index (χ1v) is 10.2. The van der Waals surface area contributed by atoms with Crippen molar-refractivity contribution in [3.8, 4) is 0 Å². The number of imide groups is 1. The molecule has 28 heavy (non-hydrogen) atoms. The lowest BCUT2D eigenvalue weighted by atomic mass is 9.89. The molecule has 0 spiro atoms. The van der Waals surface area contributed by atoms with E-state index in [1.54, 1.807) is 4.90 Å². The number of hydrogen-bond acceptors (Lipinski definition) is 5. The van der Waals surface area contributed by atoms with Crippen LogP contribution in [-0.4, -0.2) is 54.8 Å². The molecule has 2 N–H and O–H groups in total. The molecule has 150 valence electrons. The van der Waals surface area contributed by atoms with Crippen molar-refractivity contribution in [2.24, 2.45) is 0 Å². The average molecular weight is 384 g/mol. The fourth-order valence-corrected chi connectivity index (χ4v) is 4.88. The second kappa shape index (κ2) is 7.54. The van der Waals surface area contributed by atoms with Gasteiger partial charge in [-0.2, -0.15) is 0 Å². The Morgan fingerprint density at radius 3 is 2.68 bits per heavy atom. The molecule has 1 saturated heterocycles. The molecule has 2 fully saturated rings. The van der Waals surface area contributed by atoms with Crippen LogP contribution < -0.4 is 15.5 Å². The normalized spacial score (nSPS) is 27.6. The van der Waals surface area contributed by atoms with Gasteiger partial charge in [0.1, 0.15) is 6.04 Å². The van der Waals surface area contributed by atoms with E-state index in [1.807, 2.05) is 19.2 Å². The van der Waals surface area contributed by atoms with Crippen molar-refractivity contribution in [2.75, 3.05) is 19.0 Å². The van der Waals surface area contributed by atoms with Crippen molar-refractivity contribution >= 4 is 23.4 Å². The highest BCUT2D eigenvalue weighted by Gasteiger charge is 2.39. The fraction of sp³-hybridized carbons (Fsp3) is 0.571. The zero-order valence-corrected chi connectivity index (χ0v) is 16.5. The molecule has 3 atom stereocenters. The molecule has 1 aliphatic carbocycles. The van der Waals surface area contributed by atoms with Gasteiger partial charge in [-0.25, -0.2) is 0 Å². The Balaban J connectivity index is 1.54. The molecule has 3 aliphatic rings. The summed E-state index contributed by atoms with van der Waals surface area (Å²) in [6.07, 6.45) is 5.49. The summed E-state index contributed by atoms with van der Waals surface area (Å²) in [6, 6.07) is 6.30. The lowest BCUT2D eigenvalue weighted by Crippen LogP contribution is -2.52. The predicted molar refractivity (Wildman–Crippen MR) is 106 cm³/mol. The largest absolute Gasteiger partial charge is 0.370 e. The first kappa shape index (κ1) is 18.9. The number of fused-ring (bicyclic) bond motifs is 1. The molecule has 3 amide bonds. The van der Waals surface area contributed by atoms with Crippen molar-refractivity contribution in [1.82, 2.24) is 15.5 Å². The second-order valence-corrected chi connectivity index (χ2v) is 8.10. The molecule has 2 aliphatic heterocycles. The van der Waals surface area contributed by atoms with Crippen molar-refractivity contribution in [1.29, 1.82) is 0 Å². The Morgan fingerprint density at radius 2 is 1.93 bits per heavy atom. The minimum atomic E-state index is -0.564. The van der Waals surface area contributed by atoms with E-state index in [-0.39, 0.29) is 24.1 Å². The number of carbonyl (C=O) groups excluding carboxylic acids is 3. The van der Waals surface area contributed by atoms with Crippen molar-refractivity contribution < 1.29 is 14.4 Å². The van der Waals surface area contributed by atoms with Gasteiger partial charge in [-0.3, -0.25) is 19.7 Å². The third-order valence-corrected chi connectivity index (χ3v) is 6.51. The Bertz CT molecular complexity index is 809. The van der Waals surface area contributed by atoms with Gasteiger partial charge < -0.3 is 15.1 Å². The number of benzene rings is 1. The number of nitrogens with zero attached hydrogens (tertiary/aromatic N) is 2. The van der Waals surface area contributed by atoms with Crippen LogP contribution in [0.25, 0.3) is 0 Å². The lowest BCUT2D eigenvalue weighted by molar-refractivity contribution is -0.136. The summed E-state index contributed by atoms with van der Waals surface area (Å²) in [4.78, 5) is 40.4. The molecule has 4 rings (SSSR count). The van der Waals surface area contributed by atoms with Crippen LogP contribution in [-0.2, 0) is 16.1 Å². The first-order valence-electron chi connectivity index (χ1n) is 10.2. The van der Waals surface area contributed by atoms with Gasteiger partial charge in [0.25, 0.3) is 5.91 Å². The molecule has 1 unspecified atom stereocenters. The van der Waals surface area contributed by atoms with Gasteiger partial charge in [-0.05, 0) is 50.1 Å². The summed E-state index contributed by atoms with van der Waals surface area (Å²) in [5.74, 6) is -0.751. The highest BCUT2D eigenvalue weighted by Crippen LogP contribution is 2.32. The quantitative estimate of drug-likeness (QED) is 0.768. The van der Waals surface area contributed by atoms with E-state index in [4.69, 9.17) is 0 Å². The van der Waals surface area contributed by atoms with Crippen LogP contribution in [0.4, 0.5) is 5.69 Å². The summed E-state index contributed by atoms with van der Waals surface area (Å²) in [7, 11) is 4.15. The third-order valence-electron chi connectivity index (χ3n) is 6.51. The zero-order valence-electron chi connectivity index (χ0n) is 16.5. The van der Waals surface area contributed by atoms with E-state index in [0.717, 1.165) is 17.7 Å². The van der Waals surface area contributed by atoms with Crippen LogP contribution in [0.1, 0.15) is 54.4 Å². The van der Waals surface area contributed by atoms with E-state index in [9.17, 15) is 14.4 Å². The molecule has 1 aromatic rings. The number of anilines is 1. The maximum atomic E-state index is 12.8. The van der Waals surface area contributed by atoms with Crippen LogP contribution in [0, 0.1) is 0 Å². The van der Waals surface area contributed by atoms with E-state index in [1.165, 1.54) is 19.3 Å². The van der Waals surface area contributed by atoms with E-state index in [0.29, 0.717) is 30.6 Å². The minimum Gasteiger partial charge on any atom is -0.370 e. The van der Waals surface area contributed by atoms with Crippen molar-refractivity contribution in [3.63, 3.8) is 0 Å². The Labute approximate surface area is 165 Å². The van der Waals surface area contributed by atoms with Crippen LogP contribution in [0.3, 0.4) is 0 Å². The van der Waals surface area contributed by atoms with Gasteiger partial charge in [0.05, 0.1) is 0 Å². The van der Waals surface area contributed by atoms with Crippen molar-refractivity contribution in [2.45, 2.75) is 63.2 Å². The van der Waals surface area contributed by atoms with Crippen LogP contribution in [0.2, 0.25) is 0 Å². The number of hydrogen-bond donors (Lipinski definition) is 2. The Kier molecular flexibility index (Phi) is 5.10. The molecule has 7 nitrogen and oxygen atoms in total. The molecular weight excluding hydrogens is 356 g/mol. The molecule has 7 heteroatoms. The number of amides is 3. The first-order chi connectivity index (χ1) is 13.5. The fourth-order valence-electron chi connectivity index (χ4n) is 4.88. The maximum Gasteiger partial charge on any atom is 0.255 e. The van der Waals surface area contributed by atoms with Crippen LogP contribution in [0.15, 0.2) is 18.2 Å². The Morgan fingerprint density at radius 1 is 1.14 bits per heavy atom. The summed E-state index contributed by atoms with van der Waals surface area (Å²) in [5.41, 5.74) is 2.72. The topological polar surface area (TPSA) is 81.8 Å². The maximum absolute atomic E-state index is 12.8. The van der Waals surface area contributed by atoms with Crippen LogP contribution >= 0.6 is 0 Å². The molecule has 2 heterocycles. The number of piperidine rings is 1. The number of rotatable bonds is 4. The highest BCUT2D eigenvalue weighted by atomic mass is 16.2. The van der Waals surface area contributed by atoms with Gasteiger partial charge in [-0.15, -0.1) is 0 Å². The number of likely N-dealkylation sites (N-methyl/N-ethyl adjacent to an activating group) is 2. The highest BCUT2D eigenvalue weighted by molar-refractivity contribution is 6.05. The molecule has 1 aromatic carbocycles. The van der Waals surface area contributed by atoms with E-state index >= 15 is 0 Å². The average Bonchev–Trinajstić information content (AvgIpc) is 3.03. The van der Waals surface area contributed by atoms with E-state index < -0.39 is 6.04 Å². The summed E-state index contributed by atoms with van der Waals surface area (Å²) in [5, 5.41) is 5.80. The van der Waals surface area contributed by atoms with Gasteiger partial charge in [0.15, 0.2) is 0 Å². The monoisotopic (exact) mass is 384 g/mol. The number of carbonyl (C=O) groups is 3. The summed E-state index contributed by atoms with van der Waals surface area (Å²) in [6.45, 7) is 0.419. The lowest BCUT2D eigenvalue weighted by Gasteiger charge is -2.39. The molecule has 1 saturated carbocycles. The Hall–Kier alpha value is -2.41. The van der Waals surface area contributed by atoms with Gasteiger partial charge in [-0.1, -0.05) is 12.8 Å². The standard InChI is InChI=1S/C21H28N4O3/c1-22-16-5-3-4-6-17(16)24(2)14-7-8-15-13(11-14)12-25(21(15)28)18-9-10-19(26)23-20(18)27/h7-8,11,16-18,22H,3-6,9-10,12H2,1-2H3,(H,23,26,27)/t16-,17+,18?/m1/s1. The SMILES string of the molecule is CN[C@@H]1CCCC[C@@H]1N(C)c1ccc2c(c1)CN(C1CCC(=O)NC1=O)C2=O. The van der Waals surface area contributed by atoms with Gasteiger partial charge in [0, 0.05) is 43.3 Å². The van der Waals surface area contributed by atoms with Gasteiger partial charge in [0.2, 0.25) is 11.8 Å². The van der Waals surface area contributed by atoms with Gasteiger partial charge >= 0.3 is 0 Å². The van der Waals surface area contributed by atoms with Crippen molar-refractivity contribution in [3.05, 3.63) is 29.3 Å². The predicted octanol–water partition coefficient (Wildman–Crippen LogP) is 1.41. The molecular formula is C21H28N4O3. The van der Waals surface area contributed by atoms with E-state index in [2.05, 4.69) is 28.6 Å². The minimum absolute atomic E-state index is 0.121. The summed E-state index contributed by atoms with van der Waals surface area (Å²) < 4.78 is 0. The summed E-state index contributed by atoms with van der Waals surface area (Å²) >= 11 is 0. The molecule has 0 aromatic heterocycles. The smallest absolute Gasteiger partial charge is 0.255 e. The molecule has 0 radical (unpaired) electrons.